The number of carbonyl (C=O) groups is 1. The molecule has 1 amide bonds. The first-order valence-electron chi connectivity index (χ1n) is 11.1. The molecule has 2 aromatic heterocycles. The van der Waals surface area contributed by atoms with E-state index in [1.165, 1.54) is 22.3 Å². The summed E-state index contributed by atoms with van der Waals surface area (Å²) in [4.78, 5) is 34.8. The van der Waals surface area contributed by atoms with Gasteiger partial charge in [0.05, 0.1) is 11.4 Å². The lowest BCUT2D eigenvalue weighted by Gasteiger charge is -2.12. The molecule has 34 heavy (non-hydrogen) atoms. The highest BCUT2D eigenvalue weighted by Gasteiger charge is 2.11. The Morgan fingerprint density at radius 2 is 1.88 bits per heavy atom. The van der Waals surface area contributed by atoms with Crippen LogP contribution in [0.2, 0.25) is 0 Å². The van der Waals surface area contributed by atoms with Crippen LogP contribution in [0, 0.1) is 13.8 Å². The molecule has 1 N–H and O–H groups in total. The van der Waals surface area contributed by atoms with E-state index in [1.807, 2.05) is 57.2 Å². The van der Waals surface area contributed by atoms with Crippen molar-refractivity contribution >= 4 is 29.1 Å². The molecule has 2 aromatic carbocycles. The fourth-order valence-corrected chi connectivity index (χ4v) is 4.57. The van der Waals surface area contributed by atoms with E-state index < -0.39 is 0 Å². The number of amides is 1. The summed E-state index contributed by atoms with van der Waals surface area (Å²) < 4.78 is 8.93. The average Bonchev–Trinajstić information content (AvgIpc) is 3.20. The van der Waals surface area contributed by atoms with E-state index in [9.17, 15) is 9.59 Å². The molecule has 0 spiro atoms. The summed E-state index contributed by atoms with van der Waals surface area (Å²) >= 11 is 1.49. The van der Waals surface area contributed by atoms with Gasteiger partial charge in [0.25, 0.3) is 17.2 Å². The van der Waals surface area contributed by atoms with Crippen LogP contribution in [0.5, 0.6) is 5.75 Å². The number of ether oxygens (including phenoxy) is 1. The Morgan fingerprint density at radius 3 is 2.65 bits per heavy atom. The highest BCUT2D eigenvalue weighted by atomic mass is 32.2. The van der Waals surface area contributed by atoms with Gasteiger partial charge in [0.15, 0.2) is 6.61 Å². The molecule has 0 saturated heterocycles. The van der Waals surface area contributed by atoms with Gasteiger partial charge in [-0.25, -0.2) is 4.98 Å². The molecule has 176 valence electrons. The van der Waals surface area contributed by atoms with Crippen LogP contribution in [0.1, 0.15) is 30.2 Å². The van der Waals surface area contributed by atoms with Crippen molar-refractivity contribution in [3.8, 4) is 5.75 Å². The number of fused-ring (bicyclic) bond motifs is 1. The van der Waals surface area contributed by atoms with Crippen LogP contribution in [0.15, 0.2) is 64.5 Å². The summed E-state index contributed by atoms with van der Waals surface area (Å²) in [5.41, 5.74) is 3.33. The molecule has 0 radical (unpaired) electrons. The lowest BCUT2D eigenvalue weighted by molar-refractivity contribution is -0.118. The molecule has 4 aromatic rings. The minimum Gasteiger partial charge on any atom is -0.484 e. The topological polar surface area (TPSA) is 90.5 Å². The van der Waals surface area contributed by atoms with Gasteiger partial charge in [0.1, 0.15) is 12.1 Å². The molecule has 0 fully saturated rings. The van der Waals surface area contributed by atoms with Crippen molar-refractivity contribution in [1.82, 2.24) is 19.2 Å². The lowest BCUT2D eigenvalue weighted by Crippen LogP contribution is -2.21. The van der Waals surface area contributed by atoms with Crippen LogP contribution in [0.25, 0.3) is 5.78 Å². The highest BCUT2D eigenvalue weighted by molar-refractivity contribution is 7.98. The number of rotatable bonds is 9. The van der Waals surface area contributed by atoms with Crippen molar-refractivity contribution in [3.05, 3.63) is 82.0 Å². The zero-order valence-electron chi connectivity index (χ0n) is 19.4. The minimum atomic E-state index is -0.244. The Morgan fingerprint density at radius 1 is 1.12 bits per heavy atom. The molecule has 9 heteroatoms. The van der Waals surface area contributed by atoms with E-state index in [-0.39, 0.29) is 18.1 Å². The molecule has 0 aliphatic carbocycles. The van der Waals surface area contributed by atoms with Crippen molar-refractivity contribution in [2.24, 2.45) is 0 Å². The summed E-state index contributed by atoms with van der Waals surface area (Å²) in [6.45, 7) is 6.64. The number of para-hydroxylation sites is 1. The number of anilines is 1. The predicted octanol–water partition coefficient (Wildman–Crippen LogP) is 4.23. The number of aryl methyl sites for hydroxylation is 3. The fourth-order valence-electron chi connectivity index (χ4n) is 3.66. The molecule has 0 unspecified atom stereocenters. The van der Waals surface area contributed by atoms with E-state index in [1.54, 1.807) is 11.0 Å². The van der Waals surface area contributed by atoms with Gasteiger partial charge >= 0.3 is 0 Å². The normalized spacial score (nSPS) is 11.0. The second-order valence-corrected chi connectivity index (χ2v) is 9.07. The van der Waals surface area contributed by atoms with Gasteiger partial charge in [-0.1, -0.05) is 25.1 Å². The Kier molecular flexibility index (Phi) is 7.32. The quantitative estimate of drug-likeness (QED) is 0.363. The second kappa shape index (κ2) is 10.6. The van der Waals surface area contributed by atoms with E-state index in [2.05, 4.69) is 21.4 Å². The summed E-state index contributed by atoms with van der Waals surface area (Å²) in [6.07, 6.45) is 2.53. The Balaban J connectivity index is 1.41. The molecule has 0 saturated carbocycles. The Labute approximate surface area is 202 Å². The van der Waals surface area contributed by atoms with Crippen molar-refractivity contribution in [2.45, 2.75) is 44.4 Å². The van der Waals surface area contributed by atoms with E-state index in [4.69, 9.17) is 4.74 Å². The largest absolute Gasteiger partial charge is 0.484 e. The lowest BCUT2D eigenvalue weighted by atomic mass is 10.1. The predicted molar refractivity (Wildman–Crippen MR) is 134 cm³/mol. The Bertz CT molecular complexity index is 1360. The summed E-state index contributed by atoms with van der Waals surface area (Å²) in [7, 11) is 0. The van der Waals surface area contributed by atoms with Crippen LogP contribution < -0.4 is 15.6 Å². The first kappa shape index (κ1) is 23.6. The Hall–Kier alpha value is -3.59. The zero-order valence-corrected chi connectivity index (χ0v) is 20.3. The molecule has 8 nitrogen and oxygen atoms in total. The molecular weight excluding hydrogens is 450 g/mol. The van der Waals surface area contributed by atoms with Gasteiger partial charge in [-0.05, 0) is 55.7 Å². The molecule has 0 atom stereocenters. The maximum atomic E-state index is 12.6. The second-order valence-electron chi connectivity index (χ2n) is 8.05. The molecule has 0 bridgehead atoms. The number of benzene rings is 2. The smallest absolute Gasteiger partial charge is 0.274 e. The van der Waals surface area contributed by atoms with E-state index >= 15 is 0 Å². The van der Waals surface area contributed by atoms with Crippen molar-refractivity contribution in [3.63, 3.8) is 0 Å². The van der Waals surface area contributed by atoms with E-state index in [0.29, 0.717) is 35.2 Å². The van der Waals surface area contributed by atoms with Gasteiger partial charge in [-0.15, -0.1) is 11.8 Å². The number of hydrogen-bond acceptors (Lipinski definition) is 6. The van der Waals surface area contributed by atoms with E-state index in [0.717, 1.165) is 22.4 Å². The van der Waals surface area contributed by atoms with Crippen LogP contribution in [-0.4, -0.2) is 31.7 Å². The first-order valence-corrected chi connectivity index (χ1v) is 12.1. The van der Waals surface area contributed by atoms with Crippen LogP contribution in [0.3, 0.4) is 0 Å². The number of thioether (sulfide) groups is 1. The monoisotopic (exact) mass is 477 g/mol. The number of carbonyl (C=O) groups excluding carboxylic acids is 1. The standard InChI is InChI=1S/C25H27N5O3S/c1-4-9-29-16-26-25-27-19(13-24(32)30(25)29)15-34-22-8-6-5-7-21(22)28-23(31)14-33-20-11-17(2)10-18(3)12-20/h5-8,10-13,16H,4,9,14-15H2,1-3H3,(H,28,31). The third-order valence-electron chi connectivity index (χ3n) is 5.05. The van der Waals surface area contributed by atoms with Crippen molar-refractivity contribution in [2.75, 3.05) is 11.9 Å². The van der Waals surface area contributed by atoms with Gasteiger partial charge in [0, 0.05) is 23.3 Å². The molecule has 0 aliphatic rings. The van der Waals surface area contributed by atoms with Crippen molar-refractivity contribution in [1.29, 1.82) is 0 Å². The van der Waals surface area contributed by atoms with Crippen LogP contribution in [0.4, 0.5) is 5.69 Å². The SMILES string of the molecule is CCCn1cnc2nc(CSc3ccccc3NC(=O)COc3cc(C)cc(C)c3)cc(=O)n21. The highest BCUT2D eigenvalue weighted by Crippen LogP contribution is 2.29. The third kappa shape index (κ3) is 5.66. The van der Waals surface area contributed by atoms with Gasteiger partial charge in [0.2, 0.25) is 0 Å². The van der Waals surface area contributed by atoms with Crippen LogP contribution >= 0.6 is 11.8 Å². The maximum absolute atomic E-state index is 12.6. The minimum absolute atomic E-state index is 0.0860. The third-order valence-corrected chi connectivity index (χ3v) is 6.16. The maximum Gasteiger partial charge on any atom is 0.274 e. The van der Waals surface area contributed by atoms with Crippen LogP contribution in [-0.2, 0) is 17.1 Å². The number of nitrogens with one attached hydrogen (secondary N) is 1. The molecule has 2 heterocycles. The first-order chi connectivity index (χ1) is 16.4. The molecule has 0 aliphatic heterocycles. The van der Waals surface area contributed by atoms with Gasteiger partial charge in [-0.2, -0.15) is 9.50 Å². The van der Waals surface area contributed by atoms with Gasteiger partial charge in [-0.3, -0.25) is 14.3 Å². The summed E-state index contributed by atoms with van der Waals surface area (Å²) in [6, 6.07) is 14.9. The summed E-state index contributed by atoms with van der Waals surface area (Å²) in [5.74, 6) is 1.29. The average molecular weight is 478 g/mol. The summed E-state index contributed by atoms with van der Waals surface area (Å²) in [5, 5.41) is 2.92. The zero-order chi connectivity index (χ0) is 24.1. The van der Waals surface area contributed by atoms with Gasteiger partial charge < -0.3 is 10.1 Å². The molecular formula is C25H27N5O3S. The van der Waals surface area contributed by atoms with Crippen molar-refractivity contribution < 1.29 is 9.53 Å². The number of aromatic nitrogens is 4. The number of nitrogens with zero attached hydrogens (tertiary/aromatic N) is 4. The number of hydrogen-bond donors (Lipinski definition) is 1. The molecule has 4 rings (SSSR count). The fraction of sp³-hybridized carbons (Fsp3) is 0.280.